The normalized spacial score (nSPS) is 11.4. The van der Waals surface area contributed by atoms with Gasteiger partial charge in [0.05, 0.1) is 11.0 Å². The Hall–Kier alpha value is -2.91. The van der Waals surface area contributed by atoms with Crippen LogP contribution in [0.5, 0.6) is 0 Å². The molecule has 0 saturated carbocycles. The summed E-state index contributed by atoms with van der Waals surface area (Å²) in [6.45, 7) is 0. The minimum absolute atomic E-state index is 0.957. The number of fused-ring (bicyclic) bond motifs is 4. The standard InChI is InChI=1S/C23H16N2S/c1-26-21-14-20(16-7-3-2-4-8-18(16)21)17-11-13-25-23-19(17)10-9-15-6-5-12-24-22(15)23/h2-14H,1H3. The van der Waals surface area contributed by atoms with Gasteiger partial charge in [0.25, 0.3) is 0 Å². The lowest BCUT2D eigenvalue weighted by Gasteiger charge is -2.08. The molecule has 2 aliphatic carbocycles. The second-order valence-corrected chi connectivity index (χ2v) is 7.11. The molecule has 0 N–H and O–H groups in total. The van der Waals surface area contributed by atoms with Crippen molar-refractivity contribution >= 4 is 33.6 Å². The maximum absolute atomic E-state index is 4.65. The highest BCUT2D eigenvalue weighted by Gasteiger charge is 2.18. The van der Waals surface area contributed by atoms with E-state index in [4.69, 9.17) is 0 Å². The Bertz CT molecular complexity index is 1230. The molecule has 0 saturated heterocycles. The van der Waals surface area contributed by atoms with Gasteiger partial charge in [-0.3, -0.25) is 9.97 Å². The van der Waals surface area contributed by atoms with Gasteiger partial charge >= 0.3 is 0 Å². The van der Waals surface area contributed by atoms with Crippen LogP contribution in [0.15, 0.2) is 84.0 Å². The van der Waals surface area contributed by atoms with Crippen LogP contribution in [0, 0.1) is 0 Å². The van der Waals surface area contributed by atoms with Gasteiger partial charge in [-0.25, -0.2) is 0 Å². The SMILES string of the molecule is CSc1cc(-c2ccnc3c2ccc2cccnc23)c2cccccc1-2. The fourth-order valence-electron chi connectivity index (χ4n) is 3.66. The zero-order valence-corrected chi connectivity index (χ0v) is 15.1. The summed E-state index contributed by atoms with van der Waals surface area (Å²) < 4.78 is 0. The summed E-state index contributed by atoms with van der Waals surface area (Å²) in [5, 5.41) is 2.26. The van der Waals surface area contributed by atoms with Crippen molar-refractivity contribution in [3.63, 3.8) is 0 Å². The molecule has 124 valence electrons. The lowest BCUT2D eigenvalue weighted by Crippen LogP contribution is -1.87. The van der Waals surface area contributed by atoms with Crippen LogP contribution in [0.4, 0.5) is 0 Å². The molecule has 2 aliphatic rings. The topological polar surface area (TPSA) is 25.8 Å². The summed E-state index contributed by atoms with van der Waals surface area (Å²) in [4.78, 5) is 10.5. The van der Waals surface area contributed by atoms with Crippen molar-refractivity contribution in [1.29, 1.82) is 0 Å². The highest BCUT2D eigenvalue weighted by molar-refractivity contribution is 7.98. The van der Waals surface area contributed by atoms with Crippen molar-refractivity contribution in [3.8, 4) is 22.3 Å². The Labute approximate surface area is 156 Å². The van der Waals surface area contributed by atoms with Gasteiger partial charge in [-0.1, -0.05) is 48.5 Å². The molecule has 0 aliphatic heterocycles. The molecule has 3 heteroatoms. The zero-order chi connectivity index (χ0) is 17.5. The van der Waals surface area contributed by atoms with E-state index in [2.05, 4.69) is 76.9 Å². The first kappa shape index (κ1) is 15.4. The number of thioether (sulfide) groups is 1. The van der Waals surface area contributed by atoms with Crippen LogP contribution >= 0.6 is 11.8 Å². The first-order valence-corrected chi connectivity index (χ1v) is 9.78. The molecule has 0 radical (unpaired) electrons. The first-order chi connectivity index (χ1) is 12.9. The van der Waals surface area contributed by atoms with Crippen molar-refractivity contribution in [2.45, 2.75) is 4.90 Å². The highest BCUT2D eigenvalue weighted by Crippen LogP contribution is 2.44. The quantitative estimate of drug-likeness (QED) is 0.276. The van der Waals surface area contributed by atoms with Crippen molar-refractivity contribution in [2.24, 2.45) is 0 Å². The van der Waals surface area contributed by atoms with Gasteiger partial charge in [0.1, 0.15) is 0 Å². The predicted molar refractivity (Wildman–Crippen MR) is 111 cm³/mol. The molecule has 2 aromatic heterocycles. The first-order valence-electron chi connectivity index (χ1n) is 8.55. The smallest absolute Gasteiger partial charge is 0.0970 e. The molecule has 0 bridgehead atoms. The third-order valence-electron chi connectivity index (χ3n) is 4.86. The average Bonchev–Trinajstić information content (AvgIpc) is 2.87. The van der Waals surface area contributed by atoms with E-state index >= 15 is 0 Å². The molecule has 26 heavy (non-hydrogen) atoms. The fraction of sp³-hybridized carbons (Fsp3) is 0.0435. The third-order valence-corrected chi connectivity index (χ3v) is 5.64. The number of rotatable bonds is 2. The molecule has 0 spiro atoms. The molecule has 2 heterocycles. The molecular weight excluding hydrogens is 336 g/mol. The minimum atomic E-state index is 0.957. The van der Waals surface area contributed by atoms with E-state index in [1.54, 1.807) is 11.8 Å². The molecule has 0 amide bonds. The highest BCUT2D eigenvalue weighted by atomic mass is 32.2. The van der Waals surface area contributed by atoms with Crippen molar-refractivity contribution in [3.05, 3.63) is 79.1 Å². The van der Waals surface area contributed by atoms with E-state index < -0.39 is 0 Å². The molecule has 3 aromatic rings. The Morgan fingerprint density at radius 2 is 1.50 bits per heavy atom. The van der Waals surface area contributed by atoms with Crippen LogP contribution in [0.2, 0.25) is 0 Å². The van der Waals surface area contributed by atoms with Crippen molar-refractivity contribution < 1.29 is 0 Å². The summed E-state index contributed by atoms with van der Waals surface area (Å²) >= 11 is 1.79. The second-order valence-electron chi connectivity index (χ2n) is 6.26. The van der Waals surface area contributed by atoms with Gasteiger partial charge in [0.15, 0.2) is 0 Å². The van der Waals surface area contributed by atoms with Gasteiger partial charge in [-0.2, -0.15) is 0 Å². The van der Waals surface area contributed by atoms with Crippen LogP contribution < -0.4 is 0 Å². The van der Waals surface area contributed by atoms with Gasteiger partial charge in [-0.15, -0.1) is 11.8 Å². The molecule has 0 atom stereocenters. The second kappa shape index (κ2) is 6.11. The Morgan fingerprint density at radius 3 is 2.38 bits per heavy atom. The van der Waals surface area contributed by atoms with Gasteiger partial charge in [0.2, 0.25) is 0 Å². The Morgan fingerprint density at radius 1 is 0.654 bits per heavy atom. The minimum Gasteiger partial charge on any atom is -0.254 e. The van der Waals surface area contributed by atoms with Gasteiger partial charge in [-0.05, 0) is 46.7 Å². The van der Waals surface area contributed by atoms with Gasteiger partial charge in [0, 0.05) is 28.1 Å². The Balaban J connectivity index is 1.87. The third kappa shape index (κ3) is 2.28. The van der Waals surface area contributed by atoms with E-state index in [9.17, 15) is 0 Å². The summed E-state index contributed by atoms with van der Waals surface area (Å²) in [6, 6.07) is 23.5. The van der Waals surface area contributed by atoms with E-state index in [-0.39, 0.29) is 0 Å². The van der Waals surface area contributed by atoms with Crippen LogP contribution in [-0.2, 0) is 0 Å². The molecule has 2 nitrogen and oxygen atoms in total. The molecule has 0 fully saturated rings. The van der Waals surface area contributed by atoms with Gasteiger partial charge < -0.3 is 0 Å². The maximum atomic E-state index is 4.65. The van der Waals surface area contributed by atoms with E-state index in [0.29, 0.717) is 0 Å². The number of aromatic nitrogens is 2. The zero-order valence-electron chi connectivity index (χ0n) is 14.3. The maximum Gasteiger partial charge on any atom is 0.0970 e. The number of hydrogen-bond acceptors (Lipinski definition) is 3. The molecule has 5 rings (SSSR count). The van der Waals surface area contributed by atoms with E-state index in [1.165, 1.54) is 27.1 Å². The summed E-state index contributed by atoms with van der Waals surface area (Å²) in [7, 11) is 0. The number of nitrogens with zero attached hydrogens (tertiary/aromatic N) is 2. The fourth-order valence-corrected chi connectivity index (χ4v) is 4.30. The number of hydrogen-bond donors (Lipinski definition) is 0. The van der Waals surface area contributed by atoms with Crippen LogP contribution in [0.3, 0.4) is 0 Å². The molecule has 1 aromatic carbocycles. The van der Waals surface area contributed by atoms with Crippen LogP contribution in [-0.4, -0.2) is 16.2 Å². The lowest BCUT2D eigenvalue weighted by atomic mass is 9.98. The average molecular weight is 352 g/mol. The van der Waals surface area contributed by atoms with Crippen molar-refractivity contribution in [2.75, 3.05) is 6.26 Å². The number of pyridine rings is 2. The largest absolute Gasteiger partial charge is 0.254 e. The summed E-state index contributed by atoms with van der Waals surface area (Å²) in [5.74, 6) is 0. The van der Waals surface area contributed by atoms with Crippen LogP contribution in [0.25, 0.3) is 44.1 Å². The Kier molecular flexibility index (Phi) is 3.61. The molecule has 0 unspecified atom stereocenters. The van der Waals surface area contributed by atoms with E-state index in [1.807, 2.05) is 18.5 Å². The lowest BCUT2D eigenvalue weighted by molar-refractivity contribution is 1.37. The van der Waals surface area contributed by atoms with E-state index in [0.717, 1.165) is 21.8 Å². The molecular formula is C23H16N2S. The van der Waals surface area contributed by atoms with Crippen molar-refractivity contribution in [1.82, 2.24) is 9.97 Å². The van der Waals surface area contributed by atoms with Crippen LogP contribution in [0.1, 0.15) is 0 Å². The summed E-state index contributed by atoms with van der Waals surface area (Å²) in [5.41, 5.74) is 6.94. The monoisotopic (exact) mass is 352 g/mol. The summed E-state index contributed by atoms with van der Waals surface area (Å²) in [6.07, 6.45) is 5.86. The predicted octanol–water partition coefficient (Wildman–Crippen LogP) is 6.28. The number of benzene rings is 1.